The number of aliphatic hydroxyl groups is 1. The van der Waals surface area contributed by atoms with Crippen LogP contribution in [-0.2, 0) is 12.8 Å². The number of carbonyl (C=O) groups excluding carboxylic acids is 1. The molecule has 5 rings (SSSR count). The molecule has 0 saturated carbocycles. The maximum absolute atomic E-state index is 13.3. The van der Waals surface area contributed by atoms with E-state index >= 15 is 0 Å². The van der Waals surface area contributed by atoms with Gasteiger partial charge in [0.15, 0.2) is 5.69 Å². The molecular weight excluding hydrogens is 416 g/mol. The van der Waals surface area contributed by atoms with Crippen LogP contribution < -0.4 is 21.7 Å². The van der Waals surface area contributed by atoms with Gasteiger partial charge in [-0.15, -0.1) is 0 Å². The van der Waals surface area contributed by atoms with Gasteiger partial charge < -0.3 is 26.8 Å². The minimum atomic E-state index is -0.576. The number of nitrogens with zero attached hydrogens (tertiary/aromatic N) is 3. The van der Waals surface area contributed by atoms with Crippen LogP contribution in [0.4, 0.5) is 17.1 Å². The Morgan fingerprint density at radius 2 is 2.15 bits per heavy atom. The summed E-state index contributed by atoms with van der Waals surface area (Å²) in [6.45, 7) is 3.63. The summed E-state index contributed by atoms with van der Waals surface area (Å²) in [6, 6.07) is 7.88. The lowest BCUT2D eigenvalue weighted by atomic mass is 10.0. The normalized spacial score (nSPS) is 20.2. The van der Waals surface area contributed by atoms with E-state index < -0.39 is 6.10 Å². The Bertz CT molecular complexity index is 1230. The number of carbonyl (C=O) groups is 1. The number of fused-ring (bicyclic) bond motifs is 2. The topological polar surface area (TPSA) is 130 Å². The van der Waals surface area contributed by atoms with Gasteiger partial charge in [-0.3, -0.25) is 9.78 Å². The SMILES string of the molecule is CCc1ccc2cc(N)c(C(=O)Nc3cnc4c(c3N3CCC[C@H](N)C3)CC[C@@H]4O)nc2c1. The molecule has 2 aromatic heterocycles. The summed E-state index contributed by atoms with van der Waals surface area (Å²) in [7, 11) is 0. The van der Waals surface area contributed by atoms with Crippen LogP contribution >= 0.6 is 0 Å². The quantitative estimate of drug-likeness (QED) is 0.485. The van der Waals surface area contributed by atoms with Crippen molar-refractivity contribution < 1.29 is 9.90 Å². The third-order valence-electron chi connectivity index (χ3n) is 6.72. The fourth-order valence-corrected chi connectivity index (χ4v) is 4.99. The molecule has 1 fully saturated rings. The van der Waals surface area contributed by atoms with E-state index in [0.29, 0.717) is 36.5 Å². The predicted molar refractivity (Wildman–Crippen MR) is 130 cm³/mol. The molecule has 1 saturated heterocycles. The van der Waals surface area contributed by atoms with Crippen molar-refractivity contribution in [3.05, 3.63) is 53.0 Å². The Balaban J connectivity index is 1.53. The minimum absolute atomic E-state index is 0.0722. The second kappa shape index (κ2) is 8.61. The van der Waals surface area contributed by atoms with Crippen LogP contribution in [0, 0.1) is 0 Å². The molecule has 8 heteroatoms. The van der Waals surface area contributed by atoms with Crippen LogP contribution in [0.2, 0.25) is 0 Å². The number of piperidine rings is 1. The van der Waals surface area contributed by atoms with Gasteiger partial charge in [0.25, 0.3) is 5.91 Å². The number of hydrogen-bond donors (Lipinski definition) is 4. The number of rotatable bonds is 4. The highest BCUT2D eigenvalue weighted by atomic mass is 16.3. The molecule has 0 spiro atoms. The number of amides is 1. The maximum atomic E-state index is 13.3. The average molecular weight is 447 g/mol. The van der Waals surface area contributed by atoms with Crippen LogP contribution in [0.5, 0.6) is 0 Å². The number of nitrogen functional groups attached to an aromatic ring is 1. The number of aryl methyl sites for hydroxylation is 1. The maximum Gasteiger partial charge on any atom is 0.276 e. The van der Waals surface area contributed by atoms with E-state index in [1.165, 1.54) is 0 Å². The molecular formula is C25H30N6O2. The molecule has 33 heavy (non-hydrogen) atoms. The number of anilines is 3. The first-order valence-corrected chi connectivity index (χ1v) is 11.7. The molecule has 1 aromatic carbocycles. The van der Waals surface area contributed by atoms with Gasteiger partial charge in [0.1, 0.15) is 0 Å². The molecule has 8 nitrogen and oxygen atoms in total. The number of pyridine rings is 2. The van der Waals surface area contributed by atoms with Crippen molar-refractivity contribution in [1.82, 2.24) is 9.97 Å². The highest BCUT2D eigenvalue weighted by molar-refractivity contribution is 6.09. The van der Waals surface area contributed by atoms with Gasteiger partial charge in [-0.2, -0.15) is 0 Å². The Hall–Kier alpha value is -3.23. The Kier molecular flexibility index (Phi) is 5.64. The van der Waals surface area contributed by atoms with E-state index in [2.05, 4.69) is 27.1 Å². The van der Waals surface area contributed by atoms with Crippen molar-refractivity contribution in [2.45, 2.75) is 51.2 Å². The number of nitrogens with one attached hydrogen (secondary N) is 1. The van der Waals surface area contributed by atoms with Crippen molar-refractivity contribution in [1.29, 1.82) is 0 Å². The molecule has 3 heterocycles. The van der Waals surface area contributed by atoms with Crippen molar-refractivity contribution in [3.63, 3.8) is 0 Å². The summed E-state index contributed by atoms with van der Waals surface area (Å²) >= 11 is 0. The average Bonchev–Trinajstić information content (AvgIpc) is 3.18. The van der Waals surface area contributed by atoms with E-state index in [-0.39, 0.29) is 17.6 Å². The monoisotopic (exact) mass is 446 g/mol. The molecule has 0 bridgehead atoms. The number of benzene rings is 1. The third-order valence-corrected chi connectivity index (χ3v) is 6.72. The summed E-state index contributed by atoms with van der Waals surface area (Å²) in [5, 5.41) is 14.3. The fourth-order valence-electron chi connectivity index (χ4n) is 4.99. The lowest BCUT2D eigenvalue weighted by Gasteiger charge is -2.35. The van der Waals surface area contributed by atoms with Crippen LogP contribution in [0.1, 0.15) is 59.6 Å². The third kappa shape index (κ3) is 4.00. The van der Waals surface area contributed by atoms with E-state index in [1.807, 2.05) is 18.2 Å². The molecule has 1 amide bonds. The number of aliphatic hydroxyl groups excluding tert-OH is 1. The lowest BCUT2D eigenvalue weighted by molar-refractivity contribution is 0.102. The van der Waals surface area contributed by atoms with Crippen LogP contribution in [0.15, 0.2) is 30.5 Å². The van der Waals surface area contributed by atoms with Crippen molar-refractivity contribution in [3.8, 4) is 0 Å². The first kappa shape index (κ1) is 21.6. The molecule has 0 radical (unpaired) electrons. The van der Waals surface area contributed by atoms with Crippen LogP contribution in [-0.4, -0.2) is 40.1 Å². The molecule has 6 N–H and O–H groups in total. The molecule has 3 aromatic rings. The Labute approximate surface area is 193 Å². The Morgan fingerprint density at radius 1 is 1.30 bits per heavy atom. The van der Waals surface area contributed by atoms with E-state index in [1.54, 1.807) is 12.3 Å². The summed E-state index contributed by atoms with van der Waals surface area (Å²) in [5.74, 6) is -0.376. The summed E-state index contributed by atoms with van der Waals surface area (Å²) < 4.78 is 0. The minimum Gasteiger partial charge on any atom is -0.397 e. The molecule has 2 atom stereocenters. The van der Waals surface area contributed by atoms with Crippen molar-refractivity contribution in [2.24, 2.45) is 5.73 Å². The lowest BCUT2D eigenvalue weighted by Crippen LogP contribution is -2.43. The summed E-state index contributed by atoms with van der Waals surface area (Å²) in [6.07, 6.45) is 5.24. The van der Waals surface area contributed by atoms with Crippen LogP contribution in [0.25, 0.3) is 10.9 Å². The first-order chi connectivity index (χ1) is 15.9. The highest BCUT2D eigenvalue weighted by Crippen LogP contribution is 2.41. The van der Waals surface area contributed by atoms with Gasteiger partial charge in [0.2, 0.25) is 0 Å². The van der Waals surface area contributed by atoms with Crippen molar-refractivity contribution in [2.75, 3.05) is 29.0 Å². The zero-order valence-electron chi connectivity index (χ0n) is 18.8. The van der Waals surface area contributed by atoms with E-state index in [4.69, 9.17) is 11.5 Å². The van der Waals surface area contributed by atoms with Gasteiger partial charge in [-0.25, -0.2) is 4.98 Å². The predicted octanol–water partition coefficient (Wildman–Crippen LogP) is 2.93. The standard InChI is InChI=1S/C25H30N6O2/c1-2-14-5-6-15-11-18(27)23(29-19(15)10-14)25(33)30-20-12-28-22-17(7-8-21(22)32)24(20)31-9-3-4-16(26)13-31/h5-6,10-12,16,21,32H,2-4,7-9,13,26-27H2,1H3,(H,30,33)/t16-,21-/m0/s1. The summed E-state index contributed by atoms with van der Waals surface area (Å²) in [5.41, 5.74) is 18.1. The zero-order chi connectivity index (χ0) is 23.1. The van der Waals surface area contributed by atoms with Gasteiger partial charge >= 0.3 is 0 Å². The van der Waals surface area contributed by atoms with Crippen molar-refractivity contribution >= 4 is 33.9 Å². The molecule has 2 aliphatic rings. The van der Waals surface area contributed by atoms with Gasteiger partial charge in [0.05, 0.1) is 40.6 Å². The number of aromatic nitrogens is 2. The number of nitrogens with two attached hydrogens (primary N) is 2. The second-order valence-electron chi connectivity index (χ2n) is 9.05. The smallest absolute Gasteiger partial charge is 0.276 e. The van der Waals surface area contributed by atoms with Gasteiger partial charge in [0, 0.05) is 30.1 Å². The van der Waals surface area contributed by atoms with Gasteiger partial charge in [-0.05, 0) is 49.8 Å². The van der Waals surface area contributed by atoms with E-state index in [0.717, 1.165) is 53.5 Å². The first-order valence-electron chi connectivity index (χ1n) is 11.7. The fraction of sp³-hybridized carbons (Fsp3) is 0.400. The number of hydrogen-bond acceptors (Lipinski definition) is 7. The molecule has 1 aliphatic heterocycles. The zero-order valence-corrected chi connectivity index (χ0v) is 18.8. The highest BCUT2D eigenvalue weighted by Gasteiger charge is 2.31. The second-order valence-corrected chi connectivity index (χ2v) is 9.05. The van der Waals surface area contributed by atoms with Crippen LogP contribution in [0.3, 0.4) is 0 Å². The van der Waals surface area contributed by atoms with Gasteiger partial charge in [-0.1, -0.05) is 19.1 Å². The largest absolute Gasteiger partial charge is 0.397 e. The summed E-state index contributed by atoms with van der Waals surface area (Å²) in [4.78, 5) is 24.6. The Morgan fingerprint density at radius 3 is 2.94 bits per heavy atom. The molecule has 1 aliphatic carbocycles. The van der Waals surface area contributed by atoms with E-state index in [9.17, 15) is 9.90 Å². The molecule has 172 valence electrons. The molecule has 0 unspecified atom stereocenters.